The highest BCUT2D eigenvalue weighted by molar-refractivity contribution is 5.03. The Kier molecular flexibility index (Phi) is 6.07. The number of aromatic nitrogens is 2. The minimum absolute atomic E-state index is 0.0920. The second kappa shape index (κ2) is 7.38. The Bertz CT molecular complexity index is 289. The van der Waals surface area contributed by atoms with Gasteiger partial charge in [-0.05, 0) is 6.54 Å². The molecule has 0 aromatic carbocycles. The van der Waals surface area contributed by atoms with E-state index in [4.69, 9.17) is 9.84 Å². The average Bonchev–Trinajstić information content (AvgIpc) is 2.68. The van der Waals surface area contributed by atoms with E-state index in [1.165, 1.54) is 5.56 Å². The van der Waals surface area contributed by atoms with E-state index in [-0.39, 0.29) is 6.61 Å². The first-order valence-corrected chi connectivity index (χ1v) is 5.64. The van der Waals surface area contributed by atoms with Crippen molar-refractivity contribution in [3.63, 3.8) is 0 Å². The van der Waals surface area contributed by atoms with Crippen molar-refractivity contribution < 1.29 is 9.84 Å². The largest absolute Gasteiger partial charge is 0.394 e. The Morgan fingerprint density at radius 3 is 2.88 bits per heavy atom. The monoisotopic (exact) mass is 227 g/mol. The molecule has 0 saturated heterocycles. The lowest BCUT2D eigenvalue weighted by Crippen LogP contribution is -2.27. The zero-order chi connectivity index (χ0) is 11.8. The SMILES string of the molecule is CCN(CCOCCO)Cc1cnn(C)c1. The topological polar surface area (TPSA) is 50.5 Å². The van der Waals surface area contributed by atoms with Gasteiger partial charge >= 0.3 is 0 Å². The predicted molar refractivity (Wildman–Crippen MR) is 62.1 cm³/mol. The molecule has 5 heteroatoms. The van der Waals surface area contributed by atoms with Gasteiger partial charge in [-0.25, -0.2) is 0 Å². The maximum atomic E-state index is 8.58. The molecule has 92 valence electrons. The molecule has 0 aliphatic carbocycles. The van der Waals surface area contributed by atoms with E-state index in [1.807, 2.05) is 24.1 Å². The first kappa shape index (κ1) is 13.2. The summed E-state index contributed by atoms with van der Waals surface area (Å²) in [4.78, 5) is 2.29. The molecule has 16 heavy (non-hydrogen) atoms. The quantitative estimate of drug-likeness (QED) is 0.647. The van der Waals surface area contributed by atoms with E-state index in [9.17, 15) is 0 Å². The maximum absolute atomic E-state index is 8.58. The fourth-order valence-corrected chi connectivity index (χ4v) is 1.52. The highest BCUT2D eigenvalue weighted by Crippen LogP contribution is 2.02. The van der Waals surface area contributed by atoms with E-state index in [0.29, 0.717) is 13.2 Å². The number of aryl methyl sites for hydroxylation is 1. The maximum Gasteiger partial charge on any atom is 0.0698 e. The van der Waals surface area contributed by atoms with Gasteiger partial charge in [0.15, 0.2) is 0 Å². The van der Waals surface area contributed by atoms with Crippen molar-refractivity contribution >= 4 is 0 Å². The minimum Gasteiger partial charge on any atom is -0.394 e. The smallest absolute Gasteiger partial charge is 0.0698 e. The van der Waals surface area contributed by atoms with Gasteiger partial charge < -0.3 is 9.84 Å². The third-order valence-corrected chi connectivity index (χ3v) is 2.40. The molecule has 0 aliphatic heterocycles. The van der Waals surface area contributed by atoms with Crippen LogP contribution in [0.4, 0.5) is 0 Å². The summed E-state index contributed by atoms with van der Waals surface area (Å²) in [5, 5.41) is 12.7. The fraction of sp³-hybridized carbons (Fsp3) is 0.727. The Hall–Kier alpha value is -0.910. The van der Waals surface area contributed by atoms with Crippen LogP contribution >= 0.6 is 0 Å². The molecule has 1 aromatic rings. The number of nitrogens with zero attached hydrogens (tertiary/aromatic N) is 3. The van der Waals surface area contributed by atoms with Crippen LogP contribution < -0.4 is 0 Å². The highest BCUT2D eigenvalue weighted by atomic mass is 16.5. The molecule has 1 rings (SSSR count). The molecule has 0 atom stereocenters. The van der Waals surface area contributed by atoms with Gasteiger partial charge in [-0.2, -0.15) is 5.10 Å². The molecule has 1 aromatic heterocycles. The fourth-order valence-electron chi connectivity index (χ4n) is 1.52. The van der Waals surface area contributed by atoms with Gasteiger partial charge in [0.2, 0.25) is 0 Å². The molecule has 0 aliphatic rings. The molecule has 0 radical (unpaired) electrons. The van der Waals surface area contributed by atoms with E-state index in [1.54, 1.807) is 0 Å². The third-order valence-electron chi connectivity index (χ3n) is 2.40. The van der Waals surface area contributed by atoms with E-state index < -0.39 is 0 Å². The molecule has 0 spiro atoms. The van der Waals surface area contributed by atoms with Gasteiger partial charge in [0.25, 0.3) is 0 Å². The predicted octanol–water partition coefficient (Wildman–Crippen LogP) is 0.251. The number of aliphatic hydroxyl groups is 1. The molecule has 0 fully saturated rings. The molecule has 1 heterocycles. The number of hydrogen-bond acceptors (Lipinski definition) is 4. The number of hydrogen-bond donors (Lipinski definition) is 1. The van der Waals surface area contributed by atoms with Crippen molar-refractivity contribution in [2.75, 3.05) is 32.9 Å². The lowest BCUT2D eigenvalue weighted by molar-refractivity contribution is 0.0732. The summed E-state index contributed by atoms with van der Waals surface area (Å²) in [5.74, 6) is 0. The Balaban J connectivity index is 2.26. The van der Waals surface area contributed by atoms with Crippen LogP contribution in [0, 0.1) is 0 Å². The summed E-state index contributed by atoms with van der Waals surface area (Å²) in [7, 11) is 1.92. The van der Waals surface area contributed by atoms with Crippen molar-refractivity contribution in [3.05, 3.63) is 18.0 Å². The van der Waals surface area contributed by atoms with Crippen molar-refractivity contribution in [2.45, 2.75) is 13.5 Å². The average molecular weight is 227 g/mol. The summed E-state index contributed by atoms with van der Waals surface area (Å²) in [6.45, 7) is 6.06. The number of aliphatic hydroxyl groups excluding tert-OH is 1. The van der Waals surface area contributed by atoms with E-state index in [2.05, 4.69) is 16.9 Å². The van der Waals surface area contributed by atoms with E-state index >= 15 is 0 Å². The third kappa shape index (κ3) is 4.74. The molecule has 5 nitrogen and oxygen atoms in total. The minimum atomic E-state index is 0.0920. The van der Waals surface area contributed by atoms with Crippen molar-refractivity contribution in [1.29, 1.82) is 0 Å². The Morgan fingerprint density at radius 2 is 2.31 bits per heavy atom. The van der Waals surface area contributed by atoms with Crippen LogP contribution in [-0.2, 0) is 18.3 Å². The summed E-state index contributed by atoms with van der Waals surface area (Å²) >= 11 is 0. The lowest BCUT2D eigenvalue weighted by Gasteiger charge is -2.19. The molecular formula is C11H21N3O2. The van der Waals surface area contributed by atoms with Crippen LogP contribution in [0.3, 0.4) is 0 Å². The van der Waals surface area contributed by atoms with Crippen molar-refractivity contribution in [1.82, 2.24) is 14.7 Å². The first-order chi connectivity index (χ1) is 7.76. The number of ether oxygens (including phenoxy) is 1. The molecule has 1 N–H and O–H groups in total. The lowest BCUT2D eigenvalue weighted by atomic mass is 10.3. The van der Waals surface area contributed by atoms with E-state index in [0.717, 1.165) is 19.6 Å². The number of rotatable bonds is 8. The standard InChI is InChI=1S/C11H21N3O2/c1-3-14(4-6-16-7-5-15)10-11-8-12-13(2)9-11/h8-9,15H,3-7,10H2,1-2H3. The van der Waals surface area contributed by atoms with Crippen LogP contribution in [-0.4, -0.2) is 52.7 Å². The van der Waals surface area contributed by atoms with Gasteiger partial charge in [0.05, 0.1) is 26.0 Å². The molecule has 0 amide bonds. The van der Waals surface area contributed by atoms with Crippen LogP contribution in [0.5, 0.6) is 0 Å². The summed E-state index contributed by atoms with van der Waals surface area (Å²) in [6, 6.07) is 0. The van der Waals surface area contributed by atoms with Crippen LogP contribution in [0.25, 0.3) is 0 Å². The summed E-state index contributed by atoms with van der Waals surface area (Å²) < 4.78 is 7.06. The van der Waals surface area contributed by atoms with Gasteiger partial charge in [-0.1, -0.05) is 6.92 Å². The van der Waals surface area contributed by atoms with Crippen molar-refractivity contribution in [3.8, 4) is 0 Å². The normalized spacial score (nSPS) is 11.2. The van der Waals surface area contributed by atoms with Crippen LogP contribution in [0.2, 0.25) is 0 Å². The zero-order valence-electron chi connectivity index (χ0n) is 10.1. The molecular weight excluding hydrogens is 206 g/mol. The Labute approximate surface area is 96.6 Å². The summed E-state index contributed by atoms with van der Waals surface area (Å²) in [5.41, 5.74) is 1.21. The van der Waals surface area contributed by atoms with Gasteiger partial charge in [0, 0.05) is 31.9 Å². The van der Waals surface area contributed by atoms with Gasteiger partial charge in [-0.3, -0.25) is 9.58 Å². The molecule has 0 bridgehead atoms. The summed E-state index contributed by atoms with van der Waals surface area (Å²) in [6.07, 6.45) is 3.91. The zero-order valence-corrected chi connectivity index (χ0v) is 10.1. The number of likely N-dealkylation sites (N-methyl/N-ethyl adjacent to an activating group) is 1. The highest BCUT2D eigenvalue weighted by Gasteiger charge is 2.04. The first-order valence-electron chi connectivity index (χ1n) is 5.64. The molecule has 0 saturated carbocycles. The second-order valence-electron chi connectivity index (χ2n) is 3.73. The van der Waals surface area contributed by atoms with Crippen LogP contribution in [0.1, 0.15) is 12.5 Å². The molecule has 0 unspecified atom stereocenters. The van der Waals surface area contributed by atoms with Gasteiger partial charge in [0.1, 0.15) is 0 Å². The van der Waals surface area contributed by atoms with Crippen LogP contribution in [0.15, 0.2) is 12.4 Å². The Morgan fingerprint density at radius 1 is 1.50 bits per heavy atom. The van der Waals surface area contributed by atoms with Gasteiger partial charge in [-0.15, -0.1) is 0 Å². The van der Waals surface area contributed by atoms with Crippen molar-refractivity contribution in [2.24, 2.45) is 7.05 Å². The second-order valence-corrected chi connectivity index (χ2v) is 3.73.